The van der Waals surface area contributed by atoms with E-state index in [0.717, 1.165) is 23.4 Å². The highest BCUT2D eigenvalue weighted by Gasteiger charge is 2.33. The molecule has 0 saturated heterocycles. The van der Waals surface area contributed by atoms with E-state index in [1.54, 1.807) is 0 Å². The van der Waals surface area contributed by atoms with Gasteiger partial charge in [0.25, 0.3) is 0 Å². The number of allylic oxidation sites excluding steroid dienone is 1. The van der Waals surface area contributed by atoms with E-state index >= 15 is 0 Å². The number of hydrogen-bond acceptors (Lipinski definition) is 3. The molecule has 0 aromatic heterocycles. The van der Waals surface area contributed by atoms with Crippen LogP contribution in [0.1, 0.15) is 30.5 Å². The second-order valence-electron chi connectivity index (χ2n) is 5.84. The fourth-order valence-electron chi connectivity index (χ4n) is 2.76. The first-order chi connectivity index (χ1) is 8.99. The average molecular weight is 255 g/mol. The van der Waals surface area contributed by atoms with Crippen molar-refractivity contribution in [1.29, 1.82) is 0 Å². The van der Waals surface area contributed by atoms with Gasteiger partial charge in [0.15, 0.2) is 0 Å². The van der Waals surface area contributed by atoms with Gasteiger partial charge in [0.2, 0.25) is 0 Å². The molecule has 3 rings (SSSR count). The molecule has 1 heterocycles. The van der Waals surface area contributed by atoms with Gasteiger partial charge in [-0.05, 0) is 41.8 Å². The second-order valence-corrected chi connectivity index (χ2v) is 5.84. The molecule has 1 aliphatic heterocycles. The van der Waals surface area contributed by atoms with Crippen LogP contribution >= 0.6 is 0 Å². The van der Waals surface area contributed by atoms with Crippen LogP contribution in [0.3, 0.4) is 0 Å². The second kappa shape index (κ2) is 3.98. The third-order valence-electron chi connectivity index (χ3n) is 3.91. The molecule has 0 bridgehead atoms. The molecule has 19 heavy (non-hydrogen) atoms. The molecule has 98 valence electrons. The molecular formula is C16H17NO2. The highest BCUT2D eigenvalue weighted by Crippen LogP contribution is 2.38. The highest BCUT2D eigenvalue weighted by atomic mass is 16.5. The van der Waals surface area contributed by atoms with Crippen LogP contribution in [0.25, 0.3) is 6.08 Å². The van der Waals surface area contributed by atoms with Gasteiger partial charge in [0.05, 0.1) is 5.71 Å². The fourth-order valence-corrected chi connectivity index (χ4v) is 2.76. The van der Waals surface area contributed by atoms with Crippen molar-refractivity contribution in [2.45, 2.75) is 26.7 Å². The minimum Gasteiger partial charge on any atom is -0.457 e. The van der Waals surface area contributed by atoms with Crippen molar-refractivity contribution in [2.75, 3.05) is 0 Å². The molecule has 1 aromatic carbocycles. The quantitative estimate of drug-likeness (QED) is 0.569. The van der Waals surface area contributed by atoms with E-state index in [4.69, 9.17) is 9.94 Å². The Bertz CT molecular complexity index is 624. The lowest BCUT2D eigenvalue weighted by molar-refractivity contribution is 0.305. The van der Waals surface area contributed by atoms with Gasteiger partial charge in [0.1, 0.15) is 11.5 Å². The molecule has 0 amide bonds. The Kier molecular flexibility index (Phi) is 2.52. The van der Waals surface area contributed by atoms with E-state index in [-0.39, 0.29) is 5.41 Å². The molecule has 1 aliphatic carbocycles. The van der Waals surface area contributed by atoms with Crippen LogP contribution in [0.4, 0.5) is 0 Å². The Hall–Kier alpha value is -2.03. The first-order valence-corrected chi connectivity index (χ1v) is 6.42. The third kappa shape index (κ3) is 1.95. The fraction of sp³-hybridized carbons (Fsp3) is 0.312. The number of hydrogen-bond donors (Lipinski definition) is 1. The topological polar surface area (TPSA) is 41.8 Å². The van der Waals surface area contributed by atoms with Crippen LogP contribution in [0.15, 0.2) is 35.7 Å². The van der Waals surface area contributed by atoms with E-state index in [9.17, 15) is 0 Å². The van der Waals surface area contributed by atoms with Crippen LogP contribution < -0.4 is 4.74 Å². The molecule has 2 aliphatic rings. The van der Waals surface area contributed by atoms with E-state index in [0.29, 0.717) is 12.2 Å². The Morgan fingerprint density at radius 1 is 1.26 bits per heavy atom. The SMILES string of the molecule is C=C1C=Cc2cc3c(cc2O1)CC(C)(C)/C(=N\O)C3. The van der Waals surface area contributed by atoms with Gasteiger partial charge in [-0.3, -0.25) is 0 Å². The number of nitrogens with zero attached hydrogens (tertiary/aromatic N) is 1. The summed E-state index contributed by atoms with van der Waals surface area (Å²) in [6, 6.07) is 4.21. The van der Waals surface area contributed by atoms with E-state index < -0.39 is 0 Å². The highest BCUT2D eigenvalue weighted by molar-refractivity contribution is 5.93. The predicted molar refractivity (Wildman–Crippen MR) is 75.7 cm³/mol. The van der Waals surface area contributed by atoms with Crippen LogP contribution in [-0.4, -0.2) is 10.9 Å². The number of fused-ring (bicyclic) bond motifs is 2. The molecule has 1 aromatic rings. The Morgan fingerprint density at radius 3 is 2.79 bits per heavy atom. The molecule has 0 atom stereocenters. The summed E-state index contributed by atoms with van der Waals surface area (Å²) in [6.45, 7) is 8.02. The van der Waals surface area contributed by atoms with Crippen molar-refractivity contribution >= 4 is 11.8 Å². The molecule has 0 fully saturated rings. The van der Waals surface area contributed by atoms with E-state index in [2.05, 4.69) is 37.7 Å². The summed E-state index contributed by atoms with van der Waals surface area (Å²) in [7, 11) is 0. The van der Waals surface area contributed by atoms with Gasteiger partial charge in [0, 0.05) is 17.4 Å². The summed E-state index contributed by atoms with van der Waals surface area (Å²) in [6.07, 6.45) is 5.43. The Morgan fingerprint density at radius 2 is 2.05 bits per heavy atom. The molecule has 3 nitrogen and oxygen atoms in total. The molecular weight excluding hydrogens is 238 g/mol. The monoisotopic (exact) mass is 255 g/mol. The van der Waals surface area contributed by atoms with Crippen LogP contribution in [0.2, 0.25) is 0 Å². The van der Waals surface area contributed by atoms with Crippen molar-refractivity contribution in [2.24, 2.45) is 10.6 Å². The Balaban J connectivity index is 2.09. The normalized spacial score (nSPS) is 21.8. The largest absolute Gasteiger partial charge is 0.457 e. The lowest BCUT2D eigenvalue weighted by Crippen LogP contribution is -2.33. The third-order valence-corrected chi connectivity index (χ3v) is 3.91. The molecule has 1 N–H and O–H groups in total. The summed E-state index contributed by atoms with van der Waals surface area (Å²) in [5.41, 5.74) is 4.26. The molecule has 0 spiro atoms. The summed E-state index contributed by atoms with van der Waals surface area (Å²) in [4.78, 5) is 0. The molecule has 0 radical (unpaired) electrons. The zero-order valence-electron chi connectivity index (χ0n) is 11.2. The maximum absolute atomic E-state index is 9.16. The minimum absolute atomic E-state index is 0.114. The summed E-state index contributed by atoms with van der Waals surface area (Å²) in [5.74, 6) is 1.53. The minimum atomic E-state index is -0.114. The summed E-state index contributed by atoms with van der Waals surface area (Å²) < 4.78 is 5.66. The van der Waals surface area contributed by atoms with Gasteiger partial charge in [-0.25, -0.2) is 0 Å². The van der Waals surface area contributed by atoms with Crippen LogP contribution in [0.5, 0.6) is 5.75 Å². The van der Waals surface area contributed by atoms with Crippen LogP contribution in [0, 0.1) is 5.41 Å². The lowest BCUT2D eigenvalue weighted by Gasteiger charge is -2.33. The van der Waals surface area contributed by atoms with Gasteiger partial charge >= 0.3 is 0 Å². The maximum Gasteiger partial charge on any atom is 0.134 e. The number of oxime groups is 1. The zero-order chi connectivity index (χ0) is 13.6. The molecule has 0 saturated carbocycles. The number of ether oxygens (including phenoxy) is 1. The molecule has 3 heteroatoms. The smallest absolute Gasteiger partial charge is 0.134 e. The first kappa shape index (κ1) is 12.0. The van der Waals surface area contributed by atoms with E-state index in [1.165, 1.54) is 11.1 Å². The van der Waals surface area contributed by atoms with Gasteiger partial charge < -0.3 is 9.94 Å². The average Bonchev–Trinajstić information content (AvgIpc) is 2.34. The summed E-state index contributed by atoms with van der Waals surface area (Å²) >= 11 is 0. The van der Waals surface area contributed by atoms with Crippen molar-refractivity contribution in [3.05, 3.63) is 47.2 Å². The zero-order valence-corrected chi connectivity index (χ0v) is 11.2. The van der Waals surface area contributed by atoms with Gasteiger partial charge in [-0.2, -0.15) is 0 Å². The van der Waals surface area contributed by atoms with Crippen LogP contribution in [-0.2, 0) is 12.8 Å². The van der Waals surface area contributed by atoms with Gasteiger partial charge in [-0.1, -0.05) is 25.6 Å². The van der Waals surface area contributed by atoms with Crippen molar-refractivity contribution in [1.82, 2.24) is 0 Å². The first-order valence-electron chi connectivity index (χ1n) is 6.42. The standard InChI is InChI=1S/C16H17NO2/c1-10-4-5-11-6-12-8-15(17-18)16(2,3)9-13(12)7-14(11)19-10/h4-7,18H,1,8-9H2,2-3H3/b17-15-. The number of benzene rings is 1. The molecule has 0 unspecified atom stereocenters. The van der Waals surface area contributed by atoms with Gasteiger partial charge in [-0.15, -0.1) is 0 Å². The summed E-state index contributed by atoms with van der Waals surface area (Å²) in [5, 5.41) is 12.6. The van der Waals surface area contributed by atoms with Crippen molar-refractivity contribution < 1.29 is 9.94 Å². The maximum atomic E-state index is 9.16. The number of rotatable bonds is 0. The van der Waals surface area contributed by atoms with E-state index in [1.807, 2.05) is 12.2 Å². The lowest BCUT2D eigenvalue weighted by atomic mass is 9.72. The predicted octanol–water partition coefficient (Wildman–Crippen LogP) is 3.56. The Labute approximate surface area is 112 Å². The van der Waals surface area contributed by atoms with Crippen molar-refractivity contribution in [3.8, 4) is 5.75 Å². The van der Waals surface area contributed by atoms with Crippen molar-refractivity contribution in [3.63, 3.8) is 0 Å².